The lowest BCUT2D eigenvalue weighted by Gasteiger charge is -2.28. The minimum Gasteiger partial charge on any atom is -0.359 e. The van der Waals surface area contributed by atoms with Gasteiger partial charge in [-0.25, -0.2) is 5.01 Å². The van der Waals surface area contributed by atoms with Gasteiger partial charge >= 0.3 is 0 Å². The Morgan fingerprint density at radius 1 is 1.31 bits per heavy atom. The summed E-state index contributed by atoms with van der Waals surface area (Å²) in [6.07, 6.45) is 1.94. The number of aromatic amines is 1. The number of thiocarbonyl (C=S) groups is 1. The summed E-state index contributed by atoms with van der Waals surface area (Å²) in [6.45, 7) is 0. The number of benzene rings is 1. The van der Waals surface area contributed by atoms with Gasteiger partial charge in [0, 0.05) is 31.2 Å². The van der Waals surface area contributed by atoms with Gasteiger partial charge in [-0.3, -0.25) is 5.01 Å². The van der Waals surface area contributed by atoms with Crippen LogP contribution < -0.4 is 5.01 Å². The van der Waals surface area contributed by atoms with E-state index in [0.717, 1.165) is 16.6 Å². The van der Waals surface area contributed by atoms with Crippen molar-refractivity contribution in [3.05, 3.63) is 30.5 Å². The topological polar surface area (TPSA) is 22.3 Å². The van der Waals surface area contributed by atoms with Gasteiger partial charge in [-0.15, -0.1) is 12.6 Å². The van der Waals surface area contributed by atoms with Crippen LogP contribution >= 0.6 is 24.8 Å². The molecule has 0 aliphatic heterocycles. The van der Waals surface area contributed by atoms with E-state index < -0.39 is 0 Å². The maximum atomic E-state index is 5.14. The molecule has 0 unspecified atom stereocenters. The average Bonchev–Trinajstić information content (AvgIpc) is 2.61. The molecule has 0 spiro atoms. The molecule has 0 fully saturated rings. The van der Waals surface area contributed by atoms with Crippen molar-refractivity contribution in [2.75, 3.05) is 19.1 Å². The second kappa shape index (κ2) is 4.45. The molecule has 0 saturated carbocycles. The molecule has 0 aliphatic rings. The smallest absolute Gasteiger partial charge is 0.152 e. The molecule has 5 heteroatoms. The first-order valence-corrected chi connectivity index (χ1v) is 5.73. The number of hydrogen-bond donors (Lipinski definition) is 2. The maximum Gasteiger partial charge on any atom is 0.152 e. The van der Waals surface area contributed by atoms with E-state index in [2.05, 4.69) is 23.7 Å². The molecule has 0 saturated heterocycles. The van der Waals surface area contributed by atoms with Gasteiger partial charge in [0.1, 0.15) is 0 Å². The van der Waals surface area contributed by atoms with Crippen LogP contribution in [0.4, 0.5) is 5.69 Å². The van der Waals surface area contributed by atoms with Crippen LogP contribution in [0, 0.1) is 0 Å². The minimum atomic E-state index is 0.523. The molecule has 1 heterocycles. The fraction of sp³-hybridized carbons (Fsp3) is 0.182. The van der Waals surface area contributed by atoms with Crippen LogP contribution in [0.25, 0.3) is 10.9 Å². The molecule has 0 atom stereocenters. The van der Waals surface area contributed by atoms with Crippen LogP contribution in [0.1, 0.15) is 0 Å². The van der Waals surface area contributed by atoms with Crippen LogP contribution in [0.2, 0.25) is 0 Å². The van der Waals surface area contributed by atoms with E-state index in [1.807, 2.05) is 48.5 Å². The van der Waals surface area contributed by atoms with Crippen LogP contribution in [-0.2, 0) is 0 Å². The highest BCUT2D eigenvalue weighted by atomic mass is 32.1. The van der Waals surface area contributed by atoms with Crippen molar-refractivity contribution in [3.63, 3.8) is 0 Å². The quantitative estimate of drug-likeness (QED) is 0.487. The summed E-state index contributed by atoms with van der Waals surface area (Å²) < 4.78 is 0.523. The fourth-order valence-corrected chi connectivity index (χ4v) is 2.27. The van der Waals surface area contributed by atoms with Gasteiger partial charge in [-0.05, 0) is 6.07 Å². The number of anilines is 1. The summed E-state index contributed by atoms with van der Waals surface area (Å²) in [5.41, 5.74) is 2.11. The SMILES string of the molecule is CN(C)N(C(=S)S)c1c[nH]c2ccccc12. The standard InChI is InChI=1S/C11H13N3S2/c1-13(2)14(11(15)16)10-7-12-9-6-4-3-5-8(9)10/h3-7,12H,1-2H3,(H,15,16). The number of fused-ring (bicyclic) bond motifs is 1. The first kappa shape index (κ1) is 11.4. The number of H-pyrrole nitrogens is 1. The van der Waals surface area contributed by atoms with Gasteiger partial charge in [-0.2, -0.15) is 0 Å². The van der Waals surface area contributed by atoms with Crippen molar-refractivity contribution in [1.82, 2.24) is 9.99 Å². The van der Waals surface area contributed by atoms with Gasteiger partial charge in [0.05, 0.1) is 5.69 Å². The number of nitrogens with one attached hydrogen (secondary N) is 1. The number of para-hydroxylation sites is 1. The minimum absolute atomic E-state index is 0.523. The third kappa shape index (κ3) is 1.93. The molecule has 0 radical (unpaired) electrons. The van der Waals surface area contributed by atoms with E-state index in [-0.39, 0.29) is 0 Å². The van der Waals surface area contributed by atoms with E-state index in [1.54, 1.807) is 0 Å². The Hall–Kier alpha value is -1.04. The van der Waals surface area contributed by atoms with E-state index in [0.29, 0.717) is 4.32 Å². The van der Waals surface area contributed by atoms with Crippen molar-refractivity contribution in [1.29, 1.82) is 0 Å². The van der Waals surface area contributed by atoms with E-state index in [9.17, 15) is 0 Å². The number of rotatable bonds is 2. The average molecular weight is 251 g/mol. The lowest BCUT2D eigenvalue weighted by molar-refractivity contribution is 0.435. The van der Waals surface area contributed by atoms with Gasteiger partial charge in [0.2, 0.25) is 0 Å². The molecule has 2 aromatic rings. The van der Waals surface area contributed by atoms with Crippen LogP contribution in [0.15, 0.2) is 30.5 Å². The second-order valence-electron chi connectivity index (χ2n) is 3.66. The molecule has 1 aromatic heterocycles. The van der Waals surface area contributed by atoms with Crippen LogP contribution in [-0.4, -0.2) is 28.4 Å². The molecule has 16 heavy (non-hydrogen) atoms. The number of nitrogens with zero attached hydrogens (tertiary/aromatic N) is 2. The highest BCUT2D eigenvalue weighted by Gasteiger charge is 2.15. The van der Waals surface area contributed by atoms with E-state index in [4.69, 9.17) is 12.2 Å². The normalized spacial score (nSPS) is 11.0. The van der Waals surface area contributed by atoms with Crippen LogP contribution in [0.3, 0.4) is 0 Å². The summed E-state index contributed by atoms with van der Waals surface area (Å²) in [5.74, 6) is 0. The summed E-state index contributed by atoms with van der Waals surface area (Å²) >= 11 is 9.38. The Bertz CT molecular complexity index is 519. The number of thiol groups is 1. The van der Waals surface area contributed by atoms with Crippen molar-refractivity contribution < 1.29 is 0 Å². The Kier molecular flexibility index (Phi) is 3.18. The Balaban J connectivity index is 2.57. The highest BCUT2D eigenvalue weighted by molar-refractivity contribution is 8.11. The van der Waals surface area contributed by atoms with Crippen molar-refractivity contribution in [2.24, 2.45) is 0 Å². The molecule has 0 bridgehead atoms. The zero-order valence-corrected chi connectivity index (χ0v) is 10.8. The highest BCUT2D eigenvalue weighted by Crippen LogP contribution is 2.27. The third-order valence-electron chi connectivity index (χ3n) is 2.38. The Morgan fingerprint density at radius 3 is 2.62 bits per heavy atom. The molecule has 84 valence electrons. The predicted octanol–water partition coefficient (Wildman–Crippen LogP) is 2.67. The largest absolute Gasteiger partial charge is 0.359 e. The number of hydrazine groups is 1. The molecule has 3 nitrogen and oxygen atoms in total. The lowest BCUT2D eigenvalue weighted by atomic mass is 10.2. The molecule has 2 rings (SSSR count). The van der Waals surface area contributed by atoms with Crippen molar-refractivity contribution in [3.8, 4) is 0 Å². The predicted molar refractivity (Wildman–Crippen MR) is 76.0 cm³/mol. The molecule has 0 amide bonds. The lowest BCUT2D eigenvalue weighted by Crippen LogP contribution is -2.38. The number of aromatic nitrogens is 1. The summed E-state index contributed by atoms with van der Waals surface area (Å²) in [4.78, 5) is 3.22. The second-order valence-corrected chi connectivity index (χ2v) is 4.77. The summed E-state index contributed by atoms with van der Waals surface area (Å²) in [5, 5.41) is 4.91. The third-order valence-corrected chi connectivity index (χ3v) is 2.74. The zero-order chi connectivity index (χ0) is 11.7. The van der Waals surface area contributed by atoms with Gasteiger partial charge < -0.3 is 4.98 Å². The molecular weight excluding hydrogens is 238 g/mol. The summed E-state index contributed by atoms with van der Waals surface area (Å²) in [7, 11) is 3.87. The molecular formula is C11H13N3S2. The maximum absolute atomic E-state index is 5.14. The van der Waals surface area contributed by atoms with Crippen molar-refractivity contribution >= 4 is 45.8 Å². The van der Waals surface area contributed by atoms with E-state index in [1.165, 1.54) is 0 Å². The zero-order valence-electron chi connectivity index (χ0n) is 9.14. The van der Waals surface area contributed by atoms with Gasteiger partial charge in [0.15, 0.2) is 4.32 Å². The van der Waals surface area contributed by atoms with E-state index >= 15 is 0 Å². The van der Waals surface area contributed by atoms with Crippen LogP contribution in [0.5, 0.6) is 0 Å². The Labute approximate surface area is 105 Å². The fourth-order valence-electron chi connectivity index (χ4n) is 1.72. The Morgan fingerprint density at radius 2 is 2.00 bits per heavy atom. The molecule has 1 aromatic carbocycles. The first-order chi connectivity index (χ1) is 7.61. The molecule has 1 N–H and O–H groups in total. The monoisotopic (exact) mass is 251 g/mol. The molecule has 0 aliphatic carbocycles. The van der Waals surface area contributed by atoms with Gasteiger partial charge in [-0.1, -0.05) is 30.4 Å². The summed E-state index contributed by atoms with van der Waals surface area (Å²) in [6, 6.07) is 8.11. The first-order valence-electron chi connectivity index (χ1n) is 4.87. The van der Waals surface area contributed by atoms with Crippen molar-refractivity contribution in [2.45, 2.75) is 0 Å². The van der Waals surface area contributed by atoms with Gasteiger partial charge in [0.25, 0.3) is 0 Å². The number of hydrogen-bond acceptors (Lipinski definition) is 2.